The van der Waals surface area contributed by atoms with Crippen molar-refractivity contribution in [3.63, 3.8) is 0 Å². The smallest absolute Gasteiger partial charge is 0.407 e. The number of alkyl carbamates (subject to hydrolysis) is 1. The van der Waals surface area contributed by atoms with Gasteiger partial charge < -0.3 is 31.3 Å². The average Bonchev–Trinajstić information content (AvgIpc) is 2.93. The molecule has 1 fully saturated rings. The van der Waals surface area contributed by atoms with E-state index >= 15 is 0 Å². The Morgan fingerprint density at radius 3 is 2.74 bits per heavy atom. The lowest BCUT2D eigenvalue weighted by molar-refractivity contribution is 0.0911. The lowest BCUT2D eigenvalue weighted by Gasteiger charge is -2.20. The molecule has 128 valence electrons. The van der Waals surface area contributed by atoms with Gasteiger partial charge in [0, 0.05) is 6.04 Å². The van der Waals surface area contributed by atoms with Gasteiger partial charge in [0.1, 0.15) is 17.7 Å². The number of ether oxygens (including phenoxy) is 2. The van der Waals surface area contributed by atoms with Crippen LogP contribution in [0.25, 0.3) is 0 Å². The van der Waals surface area contributed by atoms with Crippen LogP contribution in [0.1, 0.15) is 12.0 Å². The van der Waals surface area contributed by atoms with Gasteiger partial charge in [0.05, 0.1) is 13.7 Å². The zero-order chi connectivity index (χ0) is 15.9. The minimum atomic E-state index is -0.538. The van der Waals surface area contributed by atoms with Crippen LogP contribution in [-0.2, 0) is 11.2 Å². The number of nitrogens with one attached hydrogen (secondary N) is 3. The molecule has 1 aromatic rings. The van der Waals surface area contributed by atoms with Crippen LogP contribution in [-0.4, -0.2) is 49.8 Å². The molecule has 0 aromatic heterocycles. The molecule has 23 heavy (non-hydrogen) atoms. The number of rotatable bonds is 6. The molecule has 8 heteroatoms. The molecule has 0 radical (unpaired) electrons. The Morgan fingerprint density at radius 2 is 2.13 bits per heavy atom. The van der Waals surface area contributed by atoms with E-state index in [1.807, 2.05) is 24.3 Å². The van der Waals surface area contributed by atoms with Crippen molar-refractivity contribution >= 4 is 11.9 Å². The first-order chi connectivity index (χ1) is 10.6. The number of nitrogens with two attached hydrogens (primary N) is 1. The Balaban J connectivity index is 0.00000264. The topological polar surface area (TPSA) is 141 Å². The molecule has 1 saturated heterocycles. The van der Waals surface area contributed by atoms with E-state index in [4.69, 9.17) is 20.6 Å². The van der Waals surface area contributed by atoms with Gasteiger partial charge in [0.25, 0.3) is 0 Å². The van der Waals surface area contributed by atoms with Gasteiger partial charge >= 0.3 is 6.09 Å². The summed E-state index contributed by atoms with van der Waals surface area (Å²) < 4.78 is 10.5. The van der Waals surface area contributed by atoms with Gasteiger partial charge in [-0.05, 0) is 37.1 Å². The highest BCUT2D eigenvalue weighted by Gasteiger charge is 2.30. The van der Waals surface area contributed by atoms with Crippen molar-refractivity contribution in [1.29, 1.82) is 5.41 Å². The maximum atomic E-state index is 11.7. The van der Waals surface area contributed by atoms with Crippen LogP contribution in [0.2, 0.25) is 0 Å². The zero-order valence-corrected chi connectivity index (χ0v) is 13.1. The summed E-state index contributed by atoms with van der Waals surface area (Å²) in [4.78, 5) is 11.7. The quantitative estimate of drug-likeness (QED) is 0.424. The van der Waals surface area contributed by atoms with Gasteiger partial charge in [0.2, 0.25) is 0 Å². The van der Waals surface area contributed by atoms with Crippen LogP contribution in [0.15, 0.2) is 24.3 Å². The molecule has 7 N–H and O–H groups in total. The van der Waals surface area contributed by atoms with Gasteiger partial charge in [0.15, 0.2) is 0 Å². The largest absolute Gasteiger partial charge is 0.497 e. The van der Waals surface area contributed by atoms with E-state index in [1.165, 1.54) is 0 Å². The summed E-state index contributed by atoms with van der Waals surface area (Å²) in [6, 6.07) is 7.92. The Hall–Kier alpha value is -2.32. The van der Waals surface area contributed by atoms with Crippen molar-refractivity contribution in [2.75, 3.05) is 20.2 Å². The number of benzene rings is 1. The minimum Gasteiger partial charge on any atom is -0.497 e. The highest BCUT2D eigenvalue weighted by molar-refractivity contribution is 5.82. The van der Waals surface area contributed by atoms with Crippen LogP contribution >= 0.6 is 0 Å². The molecular formula is C15H24N4O4. The van der Waals surface area contributed by atoms with Crippen molar-refractivity contribution in [2.45, 2.75) is 25.0 Å². The maximum absolute atomic E-state index is 11.7. The van der Waals surface area contributed by atoms with E-state index in [9.17, 15) is 4.79 Å². The number of methoxy groups -OCH3 is 1. The first-order valence-corrected chi connectivity index (χ1v) is 7.22. The lowest BCUT2D eigenvalue weighted by Crippen LogP contribution is -2.40. The third-order valence-corrected chi connectivity index (χ3v) is 3.58. The molecule has 1 aliphatic rings. The summed E-state index contributed by atoms with van der Waals surface area (Å²) in [5.41, 5.74) is 6.34. The van der Waals surface area contributed by atoms with Gasteiger partial charge in [-0.2, -0.15) is 0 Å². The zero-order valence-electron chi connectivity index (χ0n) is 13.1. The molecule has 2 atom stereocenters. The Morgan fingerprint density at radius 1 is 1.43 bits per heavy atom. The van der Waals surface area contributed by atoms with E-state index < -0.39 is 6.09 Å². The van der Waals surface area contributed by atoms with Gasteiger partial charge in [-0.25, -0.2) is 4.79 Å². The van der Waals surface area contributed by atoms with Crippen LogP contribution in [0.5, 0.6) is 5.75 Å². The molecular weight excluding hydrogens is 300 g/mol. The Kier molecular flexibility index (Phi) is 7.30. The number of carbonyl (C=O) groups is 1. The van der Waals surface area contributed by atoms with Crippen molar-refractivity contribution in [1.82, 2.24) is 10.6 Å². The summed E-state index contributed by atoms with van der Waals surface area (Å²) in [6.07, 6.45) is 0.820. The number of hydrogen-bond donors (Lipinski definition) is 4. The van der Waals surface area contributed by atoms with E-state index in [2.05, 4.69) is 10.6 Å². The molecule has 8 nitrogen and oxygen atoms in total. The first kappa shape index (κ1) is 18.7. The molecule has 0 saturated carbocycles. The standard InChI is InChI=1S/C15H22N4O3.H2O/c1-21-11-4-2-10(3-5-11)8-12-13(6-7-18-12)22-15(20)19-9-14(16)17;/h2-5,12-13,18H,6-9H2,1H3,(H3,16,17)(H,19,20);1H2. The van der Waals surface area contributed by atoms with Crippen LogP contribution in [0.4, 0.5) is 4.79 Å². The maximum Gasteiger partial charge on any atom is 0.407 e. The van der Waals surface area contributed by atoms with E-state index in [0.29, 0.717) is 0 Å². The summed E-state index contributed by atoms with van der Waals surface area (Å²) >= 11 is 0. The van der Waals surface area contributed by atoms with Crippen LogP contribution < -0.4 is 21.1 Å². The first-order valence-electron chi connectivity index (χ1n) is 7.22. The monoisotopic (exact) mass is 324 g/mol. The van der Waals surface area contributed by atoms with E-state index in [1.54, 1.807) is 7.11 Å². The fourth-order valence-electron chi connectivity index (χ4n) is 2.45. The molecule has 1 heterocycles. The van der Waals surface area contributed by atoms with Crippen LogP contribution in [0.3, 0.4) is 0 Å². The average molecular weight is 324 g/mol. The lowest BCUT2D eigenvalue weighted by atomic mass is 10.0. The summed E-state index contributed by atoms with van der Waals surface area (Å²) in [5.74, 6) is 0.718. The molecule has 1 amide bonds. The van der Waals surface area contributed by atoms with Gasteiger partial charge in [-0.15, -0.1) is 0 Å². The molecule has 1 aliphatic heterocycles. The van der Waals surface area contributed by atoms with Crippen molar-refractivity contribution < 1.29 is 19.7 Å². The molecule has 2 unspecified atom stereocenters. The molecule has 1 aromatic carbocycles. The van der Waals surface area contributed by atoms with Gasteiger partial charge in [-0.1, -0.05) is 12.1 Å². The highest BCUT2D eigenvalue weighted by Crippen LogP contribution is 2.18. The summed E-state index contributed by atoms with van der Waals surface area (Å²) in [5, 5.41) is 12.9. The van der Waals surface area contributed by atoms with Crippen LogP contribution in [0, 0.1) is 5.41 Å². The number of hydrogen-bond acceptors (Lipinski definition) is 5. The fourth-order valence-corrected chi connectivity index (χ4v) is 2.45. The number of amides is 1. The van der Waals surface area contributed by atoms with Gasteiger partial charge in [-0.3, -0.25) is 5.41 Å². The van der Waals surface area contributed by atoms with Crippen molar-refractivity contribution in [3.05, 3.63) is 29.8 Å². The van der Waals surface area contributed by atoms with E-state index in [-0.39, 0.29) is 30.0 Å². The number of carbonyl (C=O) groups excluding carboxylic acids is 1. The molecule has 0 aliphatic carbocycles. The molecule has 0 spiro atoms. The predicted molar refractivity (Wildman–Crippen MR) is 86.9 cm³/mol. The summed E-state index contributed by atoms with van der Waals surface area (Å²) in [6.45, 7) is 0.813. The normalized spacial score (nSPS) is 19.5. The van der Waals surface area contributed by atoms with Crippen molar-refractivity contribution in [3.8, 4) is 5.75 Å². The third kappa shape index (κ3) is 5.76. The third-order valence-electron chi connectivity index (χ3n) is 3.58. The second-order valence-corrected chi connectivity index (χ2v) is 5.22. The van der Waals surface area contributed by atoms with Crippen molar-refractivity contribution in [2.24, 2.45) is 5.73 Å². The second-order valence-electron chi connectivity index (χ2n) is 5.22. The molecule has 2 rings (SSSR count). The minimum absolute atomic E-state index is 0. The predicted octanol–water partition coefficient (Wildman–Crippen LogP) is -0.194. The highest BCUT2D eigenvalue weighted by atomic mass is 16.6. The SMILES string of the molecule is COc1ccc(CC2NCCC2OC(=O)NCC(=N)N)cc1.O. The Bertz CT molecular complexity index is 521. The summed E-state index contributed by atoms with van der Waals surface area (Å²) in [7, 11) is 1.64. The fraction of sp³-hybridized carbons (Fsp3) is 0.467. The Labute approximate surface area is 135 Å². The number of amidine groups is 1. The van der Waals surface area contributed by atoms with E-state index in [0.717, 1.165) is 30.7 Å². The molecule has 0 bridgehead atoms. The second kappa shape index (κ2) is 8.96.